The molecule has 0 fully saturated rings. The molecule has 1 amide bonds. The second kappa shape index (κ2) is 6.10. The summed E-state index contributed by atoms with van der Waals surface area (Å²) < 4.78 is 25.7. The van der Waals surface area contributed by atoms with Crippen LogP contribution in [-0.2, 0) is 0 Å². The number of halogens is 3. The summed E-state index contributed by atoms with van der Waals surface area (Å²) in [4.78, 5) is 13.6. The first kappa shape index (κ1) is 14.1. The van der Waals surface area contributed by atoms with Crippen LogP contribution in [0.2, 0.25) is 0 Å². The fourth-order valence-corrected chi connectivity index (χ4v) is 1.96. The first-order valence-corrected chi connectivity index (χ1v) is 6.17. The zero-order chi connectivity index (χ0) is 13.0. The van der Waals surface area contributed by atoms with Gasteiger partial charge in [-0.2, -0.15) is 0 Å². The van der Waals surface area contributed by atoms with Crippen molar-refractivity contribution in [2.75, 3.05) is 13.1 Å². The second-order valence-electron chi connectivity index (χ2n) is 3.51. The Morgan fingerprint density at radius 3 is 2.41 bits per heavy atom. The second-order valence-corrected chi connectivity index (χ2v) is 4.37. The van der Waals surface area contributed by atoms with Crippen LogP contribution in [0.25, 0.3) is 0 Å². The Morgan fingerprint density at radius 1 is 1.35 bits per heavy atom. The highest BCUT2D eigenvalue weighted by molar-refractivity contribution is 9.10. The normalized spacial score (nSPS) is 10.7. The van der Waals surface area contributed by atoms with Gasteiger partial charge < -0.3 is 4.90 Å². The first-order chi connectivity index (χ1) is 8.01. The molecular weight excluding hydrogens is 292 g/mol. The molecule has 0 spiro atoms. The zero-order valence-corrected chi connectivity index (χ0v) is 11.3. The number of alkyl halides is 2. The molecule has 0 aliphatic rings. The van der Waals surface area contributed by atoms with Crippen LogP contribution >= 0.6 is 15.9 Å². The van der Waals surface area contributed by atoms with Gasteiger partial charge in [-0.05, 0) is 32.0 Å². The molecule has 0 N–H and O–H groups in total. The summed E-state index contributed by atoms with van der Waals surface area (Å²) in [5.74, 6) is -0.218. The summed E-state index contributed by atoms with van der Waals surface area (Å²) in [6.07, 6.45) is -2.59. The number of hydrogen-bond donors (Lipinski definition) is 0. The lowest BCUT2D eigenvalue weighted by Gasteiger charge is -2.19. The molecule has 5 heteroatoms. The van der Waals surface area contributed by atoms with Crippen LogP contribution in [0.15, 0.2) is 22.7 Å². The standard InChI is InChI=1S/C12H14BrF2NO/c1-3-16(4-2)12(17)8-5-6-10(13)9(7-8)11(14)15/h5-7,11H,3-4H2,1-2H3. The summed E-state index contributed by atoms with van der Waals surface area (Å²) in [6, 6.07) is 4.28. The Balaban J connectivity index is 3.07. The number of carbonyl (C=O) groups is 1. The third kappa shape index (κ3) is 3.25. The quantitative estimate of drug-likeness (QED) is 0.827. The van der Waals surface area contributed by atoms with Crippen LogP contribution in [0.5, 0.6) is 0 Å². The van der Waals surface area contributed by atoms with Crippen molar-refractivity contribution in [3.63, 3.8) is 0 Å². The number of nitrogens with zero attached hydrogens (tertiary/aromatic N) is 1. The lowest BCUT2D eigenvalue weighted by atomic mass is 10.1. The van der Waals surface area contributed by atoms with Crippen LogP contribution in [0.4, 0.5) is 8.78 Å². The van der Waals surface area contributed by atoms with Crippen molar-refractivity contribution in [2.24, 2.45) is 0 Å². The van der Waals surface area contributed by atoms with Gasteiger partial charge in [0.15, 0.2) is 0 Å². The number of carbonyl (C=O) groups excluding carboxylic acids is 1. The SMILES string of the molecule is CCN(CC)C(=O)c1ccc(Br)c(C(F)F)c1. The van der Waals surface area contributed by atoms with Gasteiger partial charge in [0, 0.05) is 28.7 Å². The third-order valence-corrected chi connectivity index (χ3v) is 3.25. The first-order valence-electron chi connectivity index (χ1n) is 5.38. The molecule has 1 aromatic rings. The van der Waals surface area contributed by atoms with E-state index in [1.165, 1.54) is 12.1 Å². The number of rotatable bonds is 4. The van der Waals surface area contributed by atoms with Crippen molar-refractivity contribution in [3.05, 3.63) is 33.8 Å². The van der Waals surface area contributed by atoms with Crippen LogP contribution in [0.1, 0.15) is 36.2 Å². The molecule has 2 nitrogen and oxygen atoms in total. The van der Waals surface area contributed by atoms with Crippen molar-refractivity contribution in [1.29, 1.82) is 0 Å². The Morgan fingerprint density at radius 2 is 1.94 bits per heavy atom. The summed E-state index contributed by atoms with van der Waals surface area (Å²) in [6.45, 7) is 4.84. The van der Waals surface area contributed by atoms with E-state index in [-0.39, 0.29) is 11.5 Å². The van der Waals surface area contributed by atoms with Gasteiger partial charge in [0.1, 0.15) is 0 Å². The highest BCUT2D eigenvalue weighted by Gasteiger charge is 2.17. The van der Waals surface area contributed by atoms with Gasteiger partial charge in [0.2, 0.25) is 0 Å². The molecule has 1 rings (SSSR count). The van der Waals surface area contributed by atoms with Crippen LogP contribution in [-0.4, -0.2) is 23.9 Å². The summed E-state index contributed by atoms with van der Waals surface area (Å²) >= 11 is 3.05. The van der Waals surface area contributed by atoms with Crippen molar-refractivity contribution in [2.45, 2.75) is 20.3 Å². The maximum absolute atomic E-state index is 12.7. The van der Waals surface area contributed by atoms with Crippen molar-refractivity contribution < 1.29 is 13.6 Å². The van der Waals surface area contributed by atoms with E-state index in [0.717, 1.165) is 0 Å². The van der Waals surface area contributed by atoms with E-state index in [9.17, 15) is 13.6 Å². The number of amides is 1. The summed E-state index contributed by atoms with van der Waals surface area (Å²) in [5.41, 5.74) is 0.148. The van der Waals surface area contributed by atoms with E-state index in [0.29, 0.717) is 23.1 Å². The molecule has 0 aliphatic heterocycles. The molecule has 0 saturated carbocycles. The molecule has 1 aromatic carbocycles. The lowest BCUT2D eigenvalue weighted by molar-refractivity contribution is 0.0772. The average Bonchev–Trinajstić information content (AvgIpc) is 2.30. The van der Waals surface area contributed by atoms with Crippen molar-refractivity contribution in [1.82, 2.24) is 4.90 Å². The monoisotopic (exact) mass is 305 g/mol. The van der Waals surface area contributed by atoms with E-state index in [1.54, 1.807) is 11.0 Å². The summed E-state index contributed by atoms with van der Waals surface area (Å²) in [5, 5.41) is 0. The minimum absolute atomic E-state index is 0.150. The van der Waals surface area contributed by atoms with Gasteiger partial charge in [-0.3, -0.25) is 4.79 Å². The molecule has 0 aromatic heterocycles. The third-order valence-electron chi connectivity index (χ3n) is 2.53. The Hall–Kier alpha value is -0.970. The smallest absolute Gasteiger partial charge is 0.264 e. The van der Waals surface area contributed by atoms with Gasteiger partial charge in [-0.25, -0.2) is 8.78 Å². The van der Waals surface area contributed by atoms with Gasteiger partial charge >= 0.3 is 0 Å². The molecule has 17 heavy (non-hydrogen) atoms. The molecule has 94 valence electrons. The molecule has 0 heterocycles. The lowest BCUT2D eigenvalue weighted by Crippen LogP contribution is -2.30. The van der Waals surface area contributed by atoms with Gasteiger partial charge in [-0.15, -0.1) is 0 Å². The van der Waals surface area contributed by atoms with E-state index in [1.807, 2.05) is 13.8 Å². The van der Waals surface area contributed by atoms with Crippen LogP contribution in [0.3, 0.4) is 0 Å². The van der Waals surface area contributed by atoms with Crippen molar-refractivity contribution >= 4 is 21.8 Å². The molecule has 0 atom stereocenters. The zero-order valence-electron chi connectivity index (χ0n) is 9.71. The fourth-order valence-electron chi connectivity index (χ4n) is 1.54. The van der Waals surface area contributed by atoms with Crippen LogP contribution in [0, 0.1) is 0 Å². The van der Waals surface area contributed by atoms with Crippen molar-refractivity contribution in [3.8, 4) is 0 Å². The number of hydrogen-bond acceptors (Lipinski definition) is 1. The molecular formula is C12H14BrF2NO. The maximum atomic E-state index is 12.7. The minimum atomic E-state index is -2.59. The number of benzene rings is 1. The Bertz CT molecular complexity index is 405. The van der Waals surface area contributed by atoms with E-state index >= 15 is 0 Å². The predicted molar refractivity (Wildman–Crippen MR) is 66.4 cm³/mol. The molecule has 0 saturated heterocycles. The Labute approximate surface area is 108 Å². The minimum Gasteiger partial charge on any atom is -0.339 e. The van der Waals surface area contributed by atoms with Crippen LogP contribution < -0.4 is 0 Å². The fraction of sp³-hybridized carbons (Fsp3) is 0.417. The maximum Gasteiger partial charge on any atom is 0.264 e. The topological polar surface area (TPSA) is 20.3 Å². The summed E-state index contributed by atoms with van der Waals surface area (Å²) in [7, 11) is 0. The van der Waals surface area contributed by atoms with E-state index < -0.39 is 6.43 Å². The largest absolute Gasteiger partial charge is 0.339 e. The predicted octanol–water partition coefficient (Wildman–Crippen LogP) is 3.87. The van der Waals surface area contributed by atoms with Gasteiger partial charge in [0.05, 0.1) is 0 Å². The molecule has 0 unspecified atom stereocenters. The molecule has 0 radical (unpaired) electrons. The van der Waals surface area contributed by atoms with E-state index in [2.05, 4.69) is 15.9 Å². The van der Waals surface area contributed by atoms with Gasteiger partial charge in [-0.1, -0.05) is 15.9 Å². The Kier molecular flexibility index (Phi) is 5.05. The van der Waals surface area contributed by atoms with Gasteiger partial charge in [0.25, 0.3) is 12.3 Å². The molecule has 0 bridgehead atoms. The average molecular weight is 306 g/mol. The molecule has 0 aliphatic carbocycles. The van der Waals surface area contributed by atoms with E-state index in [4.69, 9.17) is 0 Å². The highest BCUT2D eigenvalue weighted by atomic mass is 79.9. The highest BCUT2D eigenvalue weighted by Crippen LogP contribution is 2.28.